The van der Waals surface area contributed by atoms with Gasteiger partial charge >= 0.3 is 0 Å². The van der Waals surface area contributed by atoms with Crippen molar-refractivity contribution in [3.63, 3.8) is 0 Å². The molecule has 1 saturated heterocycles. The lowest BCUT2D eigenvalue weighted by molar-refractivity contribution is -0.818. The van der Waals surface area contributed by atoms with E-state index in [-0.39, 0.29) is 9.85 Å². The number of hydrogen-bond donors (Lipinski definition) is 1. The average molecular weight is 384 g/mol. The van der Waals surface area contributed by atoms with Crippen LogP contribution in [0, 0.1) is 39.5 Å². The van der Waals surface area contributed by atoms with Gasteiger partial charge in [-0.25, -0.2) is 0 Å². The fraction of sp³-hybridized carbons (Fsp3) is 0.429. The molecule has 7 heteroatoms. The molecule has 2 aromatic rings. The van der Waals surface area contributed by atoms with E-state index in [1.54, 1.807) is 13.8 Å². The highest BCUT2D eigenvalue weighted by Gasteiger charge is 2.65. The molecule has 1 aliphatic rings. The molecule has 0 radical (unpaired) electrons. The number of nitrogens with zero attached hydrogens (tertiary/aromatic N) is 2. The maximum absolute atomic E-state index is 12.0. The second-order valence-electron chi connectivity index (χ2n) is 8.35. The lowest BCUT2D eigenvalue weighted by Gasteiger charge is -2.41. The molecule has 0 amide bonds. The van der Waals surface area contributed by atoms with Crippen molar-refractivity contribution in [2.45, 2.75) is 51.9 Å². The van der Waals surface area contributed by atoms with E-state index < -0.39 is 29.6 Å². The van der Waals surface area contributed by atoms with Crippen molar-refractivity contribution >= 4 is 0 Å². The first kappa shape index (κ1) is 19.9. The third-order valence-electron chi connectivity index (χ3n) is 6.00. The minimum absolute atomic E-state index is 0.344. The number of benzene rings is 2. The molecule has 4 atom stereocenters. The molecule has 1 aliphatic heterocycles. The van der Waals surface area contributed by atoms with E-state index >= 15 is 0 Å². The summed E-state index contributed by atoms with van der Waals surface area (Å²) in [5.74, 6) is 0. The first-order chi connectivity index (χ1) is 13.1. The van der Waals surface area contributed by atoms with Crippen molar-refractivity contribution in [3.05, 3.63) is 91.0 Å². The van der Waals surface area contributed by atoms with Gasteiger partial charge in [0.2, 0.25) is 0 Å². The van der Waals surface area contributed by atoms with Gasteiger partial charge in [0.25, 0.3) is 12.1 Å². The third-order valence-corrected chi connectivity index (χ3v) is 6.00. The molecule has 2 aromatic carbocycles. The summed E-state index contributed by atoms with van der Waals surface area (Å²) < 4.78 is 0. The van der Waals surface area contributed by atoms with E-state index in [0.29, 0.717) is 0 Å². The number of quaternary nitrogens is 1. The maximum Gasteiger partial charge on any atom is 0.279 e. The summed E-state index contributed by atoms with van der Waals surface area (Å²) in [6.45, 7) is 7.23. The van der Waals surface area contributed by atoms with Crippen LogP contribution in [-0.2, 0) is 0 Å². The molecular formula is C21H26N3O4+. The smallest absolute Gasteiger partial charge is 0.279 e. The number of rotatable bonds is 4. The minimum atomic E-state index is -1.13. The lowest BCUT2D eigenvalue weighted by Crippen LogP contribution is -2.96. The zero-order valence-electron chi connectivity index (χ0n) is 16.5. The Labute approximate surface area is 164 Å². The Hall–Kier alpha value is -2.80. The molecule has 0 saturated carbocycles. The number of hydrogen-bond acceptors (Lipinski definition) is 4. The number of nitrogens with two attached hydrogens (primary N) is 1. The van der Waals surface area contributed by atoms with Crippen molar-refractivity contribution in [1.82, 2.24) is 0 Å². The highest BCUT2D eigenvalue weighted by atomic mass is 16.6. The van der Waals surface area contributed by atoms with Crippen LogP contribution in [0.1, 0.15) is 48.2 Å². The molecule has 2 N–H and O–H groups in total. The van der Waals surface area contributed by atoms with Crippen LogP contribution in [0.15, 0.2) is 48.5 Å². The van der Waals surface area contributed by atoms with Gasteiger partial charge in [-0.15, -0.1) is 0 Å². The van der Waals surface area contributed by atoms with Crippen LogP contribution in [0.5, 0.6) is 0 Å². The predicted octanol–water partition coefficient (Wildman–Crippen LogP) is 2.98. The Morgan fingerprint density at radius 3 is 1.36 bits per heavy atom. The lowest BCUT2D eigenvalue weighted by atomic mass is 9.66. The molecule has 28 heavy (non-hydrogen) atoms. The second-order valence-corrected chi connectivity index (χ2v) is 8.35. The summed E-state index contributed by atoms with van der Waals surface area (Å²) in [5, 5.41) is 25.9. The van der Waals surface area contributed by atoms with Gasteiger partial charge in [-0.1, -0.05) is 59.7 Å². The normalized spacial score (nSPS) is 26.6. The molecule has 148 valence electrons. The summed E-state index contributed by atoms with van der Waals surface area (Å²) in [4.78, 5) is 23.4. The predicted molar refractivity (Wildman–Crippen MR) is 105 cm³/mol. The summed E-state index contributed by atoms with van der Waals surface area (Å²) in [5.41, 5.74) is 2.63. The van der Waals surface area contributed by atoms with E-state index in [2.05, 4.69) is 0 Å². The van der Waals surface area contributed by atoms with Crippen molar-refractivity contribution < 1.29 is 15.2 Å². The molecular weight excluding hydrogens is 358 g/mol. The highest BCUT2D eigenvalue weighted by Crippen LogP contribution is 2.43. The van der Waals surface area contributed by atoms with Crippen LogP contribution < -0.4 is 5.32 Å². The largest absolute Gasteiger partial charge is 0.322 e. The fourth-order valence-corrected chi connectivity index (χ4v) is 4.50. The van der Waals surface area contributed by atoms with Gasteiger partial charge in [0, 0.05) is 21.0 Å². The van der Waals surface area contributed by atoms with E-state index in [0.717, 1.165) is 22.3 Å². The van der Waals surface area contributed by atoms with Crippen molar-refractivity contribution in [1.29, 1.82) is 0 Å². The summed E-state index contributed by atoms with van der Waals surface area (Å²) in [7, 11) is 0. The molecule has 3 rings (SSSR count). The fourth-order valence-electron chi connectivity index (χ4n) is 4.50. The van der Waals surface area contributed by atoms with Gasteiger partial charge in [0.05, 0.1) is 0 Å². The van der Waals surface area contributed by atoms with Gasteiger partial charge in [-0.3, -0.25) is 20.2 Å². The van der Waals surface area contributed by atoms with Gasteiger partial charge in [0.15, 0.2) is 12.1 Å². The summed E-state index contributed by atoms with van der Waals surface area (Å²) in [6, 6.07) is 12.1. The van der Waals surface area contributed by atoms with Crippen LogP contribution in [0.3, 0.4) is 0 Å². The van der Waals surface area contributed by atoms with Crippen molar-refractivity contribution in [2.75, 3.05) is 0 Å². The first-order valence-electron chi connectivity index (χ1n) is 9.38. The molecule has 0 bridgehead atoms. The highest BCUT2D eigenvalue weighted by molar-refractivity contribution is 5.28. The topological polar surface area (TPSA) is 103 Å². The van der Waals surface area contributed by atoms with Gasteiger partial charge in [-0.05, 0) is 27.7 Å². The Kier molecular flexibility index (Phi) is 5.21. The van der Waals surface area contributed by atoms with Crippen molar-refractivity contribution in [3.8, 4) is 0 Å². The first-order valence-corrected chi connectivity index (χ1v) is 9.38. The summed E-state index contributed by atoms with van der Waals surface area (Å²) in [6.07, 6.45) is 0. The molecule has 1 fully saturated rings. The minimum Gasteiger partial charge on any atom is -0.322 e. The van der Waals surface area contributed by atoms with Gasteiger partial charge < -0.3 is 5.32 Å². The van der Waals surface area contributed by atoms with Crippen molar-refractivity contribution in [2.24, 2.45) is 5.41 Å². The molecule has 7 nitrogen and oxygen atoms in total. The zero-order chi connectivity index (χ0) is 20.6. The molecule has 0 unspecified atom stereocenters. The molecule has 0 aromatic heterocycles. The number of piperidine rings is 1. The Bertz CT molecular complexity index is 806. The SMILES string of the molecule is Cc1ccc([C@H]2[NH2+][C@@H](c3ccc(C)cc3)[C@@H]([N+](=O)[O-])C(C)(C)[C@H]2[N+](=O)[O-])cc1. The van der Waals surface area contributed by atoms with Gasteiger partial charge in [0.1, 0.15) is 5.41 Å². The van der Waals surface area contributed by atoms with Gasteiger partial charge in [-0.2, -0.15) is 0 Å². The second kappa shape index (κ2) is 7.31. The monoisotopic (exact) mass is 384 g/mol. The average Bonchev–Trinajstić information content (AvgIpc) is 2.60. The van der Waals surface area contributed by atoms with E-state index in [4.69, 9.17) is 0 Å². The van der Waals surface area contributed by atoms with E-state index in [1.807, 2.05) is 67.7 Å². The standard InChI is InChI=1S/C21H25N3O4/c1-13-5-9-15(10-6-13)17-19(23(25)26)21(3,4)20(24(27)28)18(22-17)16-11-7-14(2)8-12-16/h5-12,17-20,22H,1-4H3/p+1/t17-,18+,19+,20-. The van der Waals surface area contributed by atoms with Crippen LogP contribution >= 0.6 is 0 Å². The Morgan fingerprint density at radius 2 is 1.07 bits per heavy atom. The molecule has 0 aliphatic carbocycles. The zero-order valence-corrected chi connectivity index (χ0v) is 16.5. The van der Waals surface area contributed by atoms with Crippen LogP contribution in [-0.4, -0.2) is 21.9 Å². The number of nitro groups is 2. The summed E-state index contributed by atoms with van der Waals surface area (Å²) >= 11 is 0. The quantitative estimate of drug-likeness (QED) is 0.646. The van der Waals surface area contributed by atoms with Crippen LogP contribution in [0.25, 0.3) is 0 Å². The van der Waals surface area contributed by atoms with Crippen LogP contribution in [0.4, 0.5) is 0 Å². The van der Waals surface area contributed by atoms with Crippen LogP contribution in [0.2, 0.25) is 0 Å². The Morgan fingerprint density at radius 1 is 0.750 bits per heavy atom. The maximum atomic E-state index is 12.0. The van der Waals surface area contributed by atoms with E-state index in [1.165, 1.54) is 0 Å². The Balaban J connectivity index is 2.14. The molecule has 0 spiro atoms. The van der Waals surface area contributed by atoms with E-state index in [9.17, 15) is 20.2 Å². The number of aryl methyl sites for hydroxylation is 2. The molecule has 1 heterocycles. The third kappa shape index (κ3) is 3.49.